The van der Waals surface area contributed by atoms with Crippen LogP contribution in [0, 0.1) is 0 Å². The highest BCUT2D eigenvalue weighted by atomic mass is 32.2. The van der Waals surface area contributed by atoms with Crippen molar-refractivity contribution in [2.75, 3.05) is 18.9 Å². The minimum atomic E-state index is -3.90. The zero-order chi connectivity index (χ0) is 21.2. The summed E-state index contributed by atoms with van der Waals surface area (Å²) in [5.74, 6) is 0.683. The average molecular weight is 429 g/mol. The van der Waals surface area contributed by atoms with E-state index in [4.69, 9.17) is 9.47 Å². The van der Waals surface area contributed by atoms with Crippen LogP contribution < -0.4 is 18.9 Å². The van der Waals surface area contributed by atoms with E-state index < -0.39 is 25.6 Å². The van der Waals surface area contributed by atoms with Crippen LogP contribution in [-0.4, -0.2) is 36.6 Å². The van der Waals surface area contributed by atoms with Gasteiger partial charge in [0.05, 0.1) is 24.0 Å². The average Bonchev–Trinajstić information content (AvgIpc) is 2.59. The number of rotatable bonds is 7. The van der Waals surface area contributed by atoms with Crippen LogP contribution in [0.4, 0.5) is 5.69 Å². The molecule has 154 valence electrons. The van der Waals surface area contributed by atoms with Crippen molar-refractivity contribution >= 4 is 25.7 Å². The van der Waals surface area contributed by atoms with Gasteiger partial charge in [0, 0.05) is 17.3 Å². The van der Waals surface area contributed by atoms with Crippen molar-refractivity contribution in [3.63, 3.8) is 0 Å². The van der Waals surface area contributed by atoms with Crippen molar-refractivity contribution in [2.45, 2.75) is 36.1 Å². The van der Waals surface area contributed by atoms with Crippen molar-refractivity contribution in [2.24, 2.45) is 0 Å². The van der Waals surface area contributed by atoms with E-state index in [0.29, 0.717) is 5.75 Å². The SMILES string of the molecule is COc1ccc(S(=O)(=O)Nc2ccc(S(=O)(=O)NC(C)(C)C)cc2)cc1OC. The lowest BCUT2D eigenvalue weighted by Gasteiger charge is -2.20. The van der Waals surface area contributed by atoms with E-state index in [0.717, 1.165) is 0 Å². The lowest BCUT2D eigenvalue weighted by atomic mass is 10.1. The van der Waals surface area contributed by atoms with E-state index in [2.05, 4.69) is 9.44 Å². The summed E-state index contributed by atoms with van der Waals surface area (Å²) >= 11 is 0. The highest BCUT2D eigenvalue weighted by Gasteiger charge is 2.22. The zero-order valence-electron chi connectivity index (χ0n) is 16.3. The topological polar surface area (TPSA) is 111 Å². The van der Waals surface area contributed by atoms with Crippen LogP contribution in [0.5, 0.6) is 11.5 Å². The minimum absolute atomic E-state index is 0.0174. The molecule has 0 atom stereocenters. The molecule has 0 unspecified atom stereocenters. The second kappa shape index (κ2) is 7.98. The van der Waals surface area contributed by atoms with Crippen molar-refractivity contribution < 1.29 is 26.3 Å². The van der Waals surface area contributed by atoms with Gasteiger partial charge >= 0.3 is 0 Å². The number of benzene rings is 2. The number of sulfonamides is 2. The Morgan fingerprint density at radius 1 is 0.750 bits per heavy atom. The monoisotopic (exact) mass is 428 g/mol. The summed E-state index contributed by atoms with van der Waals surface area (Å²) < 4.78 is 65.0. The van der Waals surface area contributed by atoms with Gasteiger partial charge in [-0.3, -0.25) is 4.72 Å². The molecule has 0 fully saturated rings. The highest BCUT2D eigenvalue weighted by Crippen LogP contribution is 2.30. The molecule has 2 N–H and O–H groups in total. The Morgan fingerprint density at radius 2 is 1.29 bits per heavy atom. The normalized spacial score (nSPS) is 12.5. The van der Waals surface area contributed by atoms with Gasteiger partial charge in [0.2, 0.25) is 10.0 Å². The summed E-state index contributed by atoms with van der Waals surface area (Å²) in [6.45, 7) is 5.20. The zero-order valence-corrected chi connectivity index (χ0v) is 17.9. The Kier molecular flexibility index (Phi) is 6.27. The van der Waals surface area contributed by atoms with E-state index >= 15 is 0 Å². The molecular weight excluding hydrogens is 404 g/mol. The molecule has 0 spiro atoms. The third kappa shape index (κ3) is 5.37. The van der Waals surface area contributed by atoms with Crippen molar-refractivity contribution in [3.8, 4) is 11.5 Å². The predicted molar refractivity (Wildman–Crippen MR) is 107 cm³/mol. The third-order valence-corrected chi connectivity index (χ3v) is 6.68. The van der Waals surface area contributed by atoms with Crippen LogP contribution in [0.3, 0.4) is 0 Å². The molecule has 10 heteroatoms. The van der Waals surface area contributed by atoms with Crippen LogP contribution in [0.1, 0.15) is 20.8 Å². The molecule has 0 bridgehead atoms. The number of ether oxygens (including phenoxy) is 2. The first-order valence-electron chi connectivity index (χ1n) is 8.27. The summed E-state index contributed by atoms with van der Waals surface area (Å²) in [5.41, 5.74) is -0.406. The van der Waals surface area contributed by atoms with Gasteiger partial charge in [-0.1, -0.05) is 0 Å². The van der Waals surface area contributed by atoms with Gasteiger partial charge in [0.1, 0.15) is 0 Å². The maximum Gasteiger partial charge on any atom is 0.262 e. The fraction of sp³-hybridized carbons (Fsp3) is 0.333. The van der Waals surface area contributed by atoms with Crippen LogP contribution in [0.15, 0.2) is 52.3 Å². The van der Waals surface area contributed by atoms with E-state index in [1.54, 1.807) is 20.8 Å². The van der Waals surface area contributed by atoms with Gasteiger partial charge < -0.3 is 9.47 Å². The maximum atomic E-state index is 12.6. The molecular formula is C18H24N2O6S2. The maximum absolute atomic E-state index is 12.6. The smallest absolute Gasteiger partial charge is 0.262 e. The number of anilines is 1. The molecule has 2 rings (SSSR count). The molecule has 0 aliphatic carbocycles. The molecule has 2 aromatic rings. The molecule has 2 aromatic carbocycles. The van der Waals surface area contributed by atoms with E-state index in [1.165, 1.54) is 56.7 Å². The van der Waals surface area contributed by atoms with E-state index in [9.17, 15) is 16.8 Å². The summed E-state index contributed by atoms with van der Waals surface area (Å²) in [6.07, 6.45) is 0. The van der Waals surface area contributed by atoms with Gasteiger partial charge in [0.15, 0.2) is 11.5 Å². The Labute approximate surface area is 166 Å². The molecule has 0 aliphatic heterocycles. The molecule has 0 aliphatic rings. The molecule has 0 aromatic heterocycles. The number of methoxy groups -OCH3 is 2. The first-order chi connectivity index (χ1) is 12.9. The Bertz CT molecular complexity index is 1040. The fourth-order valence-electron chi connectivity index (χ4n) is 2.36. The summed E-state index contributed by atoms with van der Waals surface area (Å²) in [6, 6.07) is 9.65. The molecule has 0 heterocycles. The van der Waals surface area contributed by atoms with Gasteiger partial charge in [-0.05, 0) is 57.2 Å². The first kappa shape index (κ1) is 22.0. The summed E-state index contributed by atoms with van der Waals surface area (Å²) in [7, 11) is -4.74. The Balaban J connectivity index is 2.26. The fourth-order valence-corrected chi connectivity index (χ4v) is 4.85. The number of nitrogens with one attached hydrogen (secondary N) is 2. The van der Waals surface area contributed by atoms with Crippen molar-refractivity contribution in [3.05, 3.63) is 42.5 Å². The van der Waals surface area contributed by atoms with Crippen LogP contribution in [-0.2, 0) is 20.0 Å². The minimum Gasteiger partial charge on any atom is -0.493 e. The van der Waals surface area contributed by atoms with Crippen molar-refractivity contribution in [1.82, 2.24) is 4.72 Å². The molecule has 28 heavy (non-hydrogen) atoms. The first-order valence-corrected chi connectivity index (χ1v) is 11.2. The number of hydrogen-bond donors (Lipinski definition) is 2. The molecule has 8 nitrogen and oxygen atoms in total. The van der Waals surface area contributed by atoms with Crippen LogP contribution >= 0.6 is 0 Å². The summed E-state index contributed by atoms with van der Waals surface area (Å²) in [5, 5.41) is 0. The quantitative estimate of drug-likeness (QED) is 0.701. The lowest BCUT2D eigenvalue weighted by molar-refractivity contribution is 0.354. The van der Waals surface area contributed by atoms with Gasteiger partial charge in [-0.15, -0.1) is 0 Å². The third-order valence-electron chi connectivity index (χ3n) is 3.52. The lowest BCUT2D eigenvalue weighted by Crippen LogP contribution is -2.40. The second-order valence-corrected chi connectivity index (χ2v) is 10.4. The highest BCUT2D eigenvalue weighted by molar-refractivity contribution is 7.92. The van der Waals surface area contributed by atoms with E-state index in [-0.39, 0.29) is 21.2 Å². The van der Waals surface area contributed by atoms with Gasteiger partial charge in [0.25, 0.3) is 10.0 Å². The standard InChI is InChI=1S/C18H24N2O6S2/c1-18(2,3)20-28(23,24)14-8-6-13(7-9-14)19-27(21,22)15-10-11-16(25-4)17(12-15)26-5/h6-12,19-20H,1-5H3. The van der Waals surface area contributed by atoms with Crippen molar-refractivity contribution in [1.29, 1.82) is 0 Å². The Morgan fingerprint density at radius 3 is 1.79 bits per heavy atom. The molecule has 0 radical (unpaired) electrons. The molecule has 0 saturated carbocycles. The second-order valence-electron chi connectivity index (χ2n) is 7.00. The Hall–Kier alpha value is -2.30. The van der Waals surface area contributed by atoms with E-state index in [1.807, 2.05) is 0 Å². The number of hydrogen-bond acceptors (Lipinski definition) is 6. The summed E-state index contributed by atoms with van der Waals surface area (Å²) in [4.78, 5) is 0.0211. The van der Waals surface area contributed by atoms with Crippen LogP contribution in [0.2, 0.25) is 0 Å². The van der Waals surface area contributed by atoms with Crippen LogP contribution in [0.25, 0.3) is 0 Å². The predicted octanol–water partition coefficient (Wildman–Crippen LogP) is 2.58. The molecule has 0 amide bonds. The molecule has 0 saturated heterocycles. The largest absolute Gasteiger partial charge is 0.493 e. The van der Waals surface area contributed by atoms with Gasteiger partial charge in [-0.2, -0.15) is 0 Å². The van der Waals surface area contributed by atoms with Gasteiger partial charge in [-0.25, -0.2) is 21.6 Å².